The summed E-state index contributed by atoms with van der Waals surface area (Å²) < 4.78 is 24.5. The number of hydrogen-bond acceptors (Lipinski definition) is 4. The van der Waals surface area contributed by atoms with E-state index < -0.39 is 10.0 Å². The second-order valence-electron chi connectivity index (χ2n) is 2.93. The van der Waals surface area contributed by atoms with Crippen molar-refractivity contribution in [3.63, 3.8) is 0 Å². The Hall–Kier alpha value is -0.660. The van der Waals surface area contributed by atoms with E-state index in [1.807, 2.05) is 0 Å². The second kappa shape index (κ2) is 6.74. The highest BCUT2D eigenvalue weighted by Crippen LogP contribution is 1.93. The van der Waals surface area contributed by atoms with Crippen LogP contribution in [0.1, 0.15) is 19.3 Å². The molecule has 0 aromatic rings. The van der Waals surface area contributed by atoms with Gasteiger partial charge in [0.1, 0.15) is 0 Å². The van der Waals surface area contributed by atoms with Crippen LogP contribution in [0.3, 0.4) is 0 Å². The summed E-state index contributed by atoms with van der Waals surface area (Å²) in [5.74, 6) is -0.433. The minimum Gasteiger partial charge on any atom is -0.370 e. The third-order valence-electron chi connectivity index (χ3n) is 1.56. The van der Waals surface area contributed by atoms with E-state index in [-0.39, 0.29) is 18.2 Å². The van der Waals surface area contributed by atoms with Gasteiger partial charge in [-0.25, -0.2) is 13.1 Å². The van der Waals surface area contributed by atoms with Crippen LogP contribution in [0.4, 0.5) is 0 Å². The van der Waals surface area contributed by atoms with Crippen LogP contribution >= 0.6 is 0 Å². The summed E-state index contributed by atoms with van der Waals surface area (Å²) in [6.07, 6.45) is 1.49. The molecule has 0 radical (unpaired) electrons. The molecular weight excluding hydrogens is 206 g/mol. The normalized spacial score (nSPS) is 11.5. The maximum absolute atomic E-state index is 11.0. The maximum Gasteiger partial charge on any atom is 0.217 e. The molecule has 84 valence electrons. The number of rotatable bonds is 8. The van der Waals surface area contributed by atoms with Gasteiger partial charge in [0.05, 0.1) is 5.75 Å². The van der Waals surface area contributed by atoms with Crippen LogP contribution in [-0.2, 0) is 14.8 Å². The molecule has 0 heterocycles. The first-order chi connectivity index (χ1) is 6.48. The van der Waals surface area contributed by atoms with E-state index in [0.717, 1.165) is 0 Å². The number of nitrogens with two attached hydrogens (primary N) is 2. The predicted molar refractivity (Wildman–Crippen MR) is 53.9 cm³/mol. The van der Waals surface area contributed by atoms with Crippen molar-refractivity contribution >= 4 is 15.9 Å². The molecule has 0 saturated carbocycles. The van der Waals surface area contributed by atoms with Crippen LogP contribution in [0, 0.1) is 0 Å². The summed E-state index contributed by atoms with van der Waals surface area (Å²) in [6, 6.07) is 0. The average Bonchev–Trinajstić information content (AvgIpc) is 2.02. The zero-order chi connectivity index (χ0) is 11.0. The predicted octanol–water partition coefficient (Wildman–Crippen LogP) is -1.48. The fourth-order valence-electron chi connectivity index (χ4n) is 0.879. The number of carbonyl (C=O) groups is 1. The molecule has 0 bridgehead atoms. The standard InChI is InChI=1S/C7H17N3O3S/c8-4-6-14(12,13)10-5-2-1-3-7(9)11/h10H,1-6,8H2,(H2,9,11). The molecule has 0 rings (SSSR count). The van der Waals surface area contributed by atoms with Gasteiger partial charge in [0.2, 0.25) is 15.9 Å². The zero-order valence-electron chi connectivity index (χ0n) is 8.03. The summed E-state index contributed by atoms with van der Waals surface area (Å²) in [4.78, 5) is 10.3. The van der Waals surface area contributed by atoms with Gasteiger partial charge in [-0.1, -0.05) is 0 Å². The molecule has 0 atom stereocenters. The number of sulfonamides is 1. The van der Waals surface area contributed by atoms with E-state index in [4.69, 9.17) is 11.5 Å². The third kappa shape index (κ3) is 7.96. The fourth-order valence-corrected chi connectivity index (χ4v) is 1.79. The molecule has 1 amide bonds. The molecule has 0 aromatic carbocycles. The molecule has 0 aliphatic heterocycles. The summed E-state index contributed by atoms with van der Waals surface area (Å²) >= 11 is 0. The molecular formula is C7H17N3O3S. The Kier molecular flexibility index (Phi) is 6.43. The Bertz CT molecular complexity index is 263. The lowest BCUT2D eigenvalue weighted by atomic mass is 10.2. The van der Waals surface area contributed by atoms with Gasteiger partial charge in [-0.15, -0.1) is 0 Å². The SMILES string of the molecule is NCCS(=O)(=O)NCCCCC(N)=O. The monoisotopic (exact) mass is 223 g/mol. The number of primary amides is 1. The highest BCUT2D eigenvalue weighted by Gasteiger charge is 2.06. The molecule has 0 unspecified atom stereocenters. The summed E-state index contributed by atoms with van der Waals surface area (Å²) in [6.45, 7) is 0.437. The lowest BCUT2D eigenvalue weighted by Crippen LogP contribution is -2.30. The lowest BCUT2D eigenvalue weighted by molar-refractivity contribution is -0.118. The van der Waals surface area contributed by atoms with Crippen LogP contribution < -0.4 is 16.2 Å². The van der Waals surface area contributed by atoms with Gasteiger partial charge in [-0.3, -0.25) is 4.79 Å². The Labute approximate surface area is 84.1 Å². The van der Waals surface area contributed by atoms with Crippen molar-refractivity contribution in [2.75, 3.05) is 18.8 Å². The highest BCUT2D eigenvalue weighted by molar-refractivity contribution is 7.89. The lowest BCUT2D eigenvalue weighted by Gasteiger charge is -2.04. The molecule has 0 spiro atoms. The summed E-state index contributed by atoms with van der Waals surface area (Å²) in [5.41, 5.74) is 10.0. The number of hydrogen-bond donors (Lipinski definition) is 3. The third-order valence-corrected chi connectivity index (χ3v) is 2.98. The zero-order valence-corrected chi connectivity index (χ0v) is 8.85. The summed E-state index contributed by atoms with van der Waals surface area (Å²) in [5, 5.41) is 0. The quantitative estimate of drug-likeness (QED) is 0.435. The molecule has 0 saturated heterocycles. The molecule has 7 heteroatoms. The number of carbonyl (C=O) groups excluding carboxylic acids is 1. The van der Waals surface area contributed by atoms with Crippen LogP contribution in [0.25, 0.3) is 0 Å². The largest absolute Gasteiger partial charge is 0.370 e. The molecule has 14 heavy (non-hydrogen) atoms. The van der Waals surface area contributed by atoms with E-state index >= 15 is 0 Å². The van der Waals surface area contributed by atoms with Crippen LogP contribution in [0.2, 0.25) is 0 Å². The van der Waals surface area contributed by atoms with Crippen molar-refractivity contribution < 1.29 is 13.2 Å². The van der Waals surface area contributed by atoms with Crippen LogP contribution in [0.5, 0.6) is 0 Å². The Morgan fingerprint density at radius 3 is 2.43 bits per heavy atom. The van der Waals surface area contributed by atoms with Gasteiger partial charge in [-0.05, 0) is 12.8 Å². The first-order valence-corrected chi connectivity index (χ1v) is 6.09. The maximum atomic E-state index is 11.0. The van der Waals surface area contributed by atoms with Crippen molar-refractivity contribution in [1.29, 1.82) is 0 Å². The van der Waals surface area contributed by atoms with Crippen LogP contribution in [-0.4, -0.2) is 33.2 Å². The van der Waals surface area contributed by atoms with Crippen molar-refractivity contribution in [2.24, 2.45) is 11.5 Å². The fraction of sp³-hybridized carbons (Fsp3) is 0.857. The van der Waals surface area contributed by atoms with E-state index in [9.17, 15) is 13.2 Å². The first-order valence-electron chi connectivity index (χ1n) is 4.43. The molecule has 6 nitrogen and oxygen atoms in total. The van der Waals surface area contributed by atoms with Gasteiger partial charge < -0.3 is 11.5 Å². The van der Waals surface area contributed by atoms with E-state index in [1.54, 1.807) is 0 Å². The minimum absolute atomic E-state index is 0.0666. The average molecular weight is 223 g/mol. The number of amides is 1. The van der Waals surface area contributed by atoms with Gasteiger partial charge in [0.25, 0.3) is 0 Å². The van der Waals surface area contributed by atoms with E-state index in [1.165, 1.54) is 0 Å². The van der Waals surface area contributed by atoms with Crippen molar-refractivity contribution in [3.8, 4) is 0 Å². The summed E-state index contributed by atoms with van der Waals surface area (Å²) in [7, 11) is -3.22. The van der Waals surface area contributed by atoms with Crippen molar-refractivity contribution in [2.45, 2.75) is 19.3 Å². The molecule has 0 aliphatic carbocycles. The van der Waals surface area contributed by atoms with E-state index in [0.29, 0.717) is 25.8 Å². The molecule has 0 aliphatic rings. The Morgan fingerprint density at radius 1 is 1.29 bits per heavy atom. The van der Waals surface area contributed by atoms with Crippen molar-refractivity contribution in [1.82, 2.24) is 4.72 Å². The molecule has 0 aromatic heterocycles. The van der Waals surface area contributed by atoms with Crippen molar-refractivity contribution in [3.05, 3.63) is 0 Å². The number of nitrogens with one attached hydrogen (secondary N) is 1. The first kappa shape index (κ1) is 13.3. The van der Waals surface area contributed by atoms with Gasteiger partial charge in [0.15, 0.2) is 0 Å². The molecule has 0 fully saturated rings. The second-order valence-corrected chi connectivity index (χ2v) is 4.85. The van der Waals surface area contributed by atoms with E-state index in [2.05, 4.69) is 4.72 Å². The smallest absolute Gasteiger partial charge is 0.217 e. The Balaban J connectivity index is 3.49. The van der Waals surface area contributed by atoms with Crippen LogP contribution in [0.15, 0.2) is 0 Å². The number of unbranched alkanes of at least 4 members (excludes halogenated alkanes) is 1. The highest BCUT2D eigenvalue weighted by atomic mass is 32.2. The van der Waals surface area contributed by atoms with Gasteiger partial charge in [0, 0.05) is 19.5 Å². The topological polar surface area (TPSA) is 115 Å². The van der Waals surface area contributed by atoms with Gasteiger partial charge in [-0.2, -0.15) is 0 Å². The minimum atomic E-state index is -3.22. The Morgan fingerprint density at radius 2 is 1.93 bits per heavy atom. The van der Waals surface area contributed by atoms with Gasteiger partial charge >= 0.3 is 0 Å². The molecule has 5 N–H and O–H groups in total.